The van der Waals surface area contributed by atoms with Crippen LogP contribution in [-0.4, -0.2) is 19.6 Å². The highest BCUT2D eigenvalue weighted by atomic mass is 16.5. The van der Waals surface area contributed by atoms with Crippen molar-refractivity contribution in [1.82, 2.24) is 5.32 Å². The van der Waals surface area contributed by atoms with E-state index in [4.69, 9.17) is 4.74 Å². The fourth-order valence-electron chi connectivity index (χ4n) is 1.45. The Hall–Kier alpha value is -1.51. The van der Waals surface area contributed by atoms with Crippen molar-refractivity contribution in [2.75, 3.05) is 13.7 Å². The van der Waals surface area contributed by atoms with E-state index in [1.54, 1.807) is 7.05 Å². The van der Waals surface area contributed by atoms with E-state index in [9.17, 15) is 4.79 Å². The van der Waals surface area contributed by atoms with Crippen molar-refractivity contribution < 1.29 is 9.53 Å². The molecule has 0 saturated heterocycles. The van der Waals surface area contributed by atoms with E-state index in [0.29, 0.717) is 5.92 Å². The number of amides is 1. The molecule has 0 bridgehead atoms. The summed E-state index contributed by atoms with van der Waals surface area (Å²) in [4.78, 5) is 11.0. The summed E-state index contributed by atoms with van der Waals surface area (Å²) in [6, 6.07) is 7.89. The van der Waals surface area contributed by atoms with E-state index in [1.807, 2.05) is 18.2 Å². The average Bonchev–Trinajstić information content (AvgIpc) is 2.25. The van der Waals surface area contributed by atoms with Crippen LogP contribution < -0.4 is 10.1 Å². The van der Waals surface area contributed by atoms with Gasteiger partial charge in [0.05, 0.1) is 0 Å². The lowest BCUT2D eigenvalue weighted by Gasteiger charge is -2.08. The molecule has 0 atom stereocenters. The zero-order valence-corrected chi connectivity index (χ0v) is 10.1. The highest BCUT2D eigenvalue weighted by Crippen LogP contribution is 2.16. The van der Waals surface area contributed by atoms with E-state index in [0.717, 1.165) is 12.2 Å². The molecule has 0 spiro atoms. The molecule has 0 aliphatic heterocycles. The minimum atomic E-state index is -0.116. The third kappa shape index (κ3) is 5.95. The molecule has 0 fully saturated rings. The molecule has 96 valence electrons. The zero-order valence-electron chi connectivity index (χ0n) is 10.1. The minimum Gasteiger partial charge on any atom is -0.484 e. The number of carbonyl (C=O) groups is 1. The number of benzene rings is 1. The van der Waals surface area contributed by atoms with Gasteiger partial charge < -0.3 is 10.1 Å². The Morgan fingerprint density at radius 3 is 2.71 bits per heavy atom. The SMILES string of the molecule is C.CNC(=O)COc1cccc(CC(C)C)c1. The second kappa shape index (κ2) is 7.71. The molecule has 1 aromatic rings. The van der Waals surface area contributed by atoms with Crippen molar-refractivity contribution in [2.24, 2.45) is 5.92 Å². The summed E-state index contributed by atoms with van der Waals surface area (Å²) in [5.41, 5.74) is 1.24. The van der Waals surface area contributed by atoms with Gasteiger partial charge in [-0.2, -0.15) is 0 Å². The highest BCUT2D eigenvalue weighted by molar-refractivity contribution is 5.77. The summed E-state index contributed by atoms with van der Waals surface area (Å²) < 4.78 is 5.37. The van der Waals surface area contributed by atoms with E-state index in [1.165, 1.54) is 5.56 Å². The number of carbonyl (C=O) groups excluding carboxylic acids is 1. The van der Waals surface area contributed by atoms with E-state index < -0.39 is 0 Å². The van der Waals surface area contributed by atoms with Gasteiger partial charge in [-0.3, -0.25) is 4.79 Å². The molecule has 17 heavy (non-hydrogen) atoms. The predicted molar refractivity (Wildman–Crippen MR) is 71.3 cm³/mol. The molecule has 0 unspecified atom stereocenters. The second-order valence-electron chi connectivity index (χ2n) is 4.21. The summed E-state index contributed by atoms with van der Waals surface area (Å²) in [7, 11) is 1.60. The van der Waals surface area contributed by atoms with Crippen LogP contribution in [0, 0.1) is 5.92 Å². The lowest BCUT2D eigenvalue weighted by molar-refractivity contribution is -0.122. The average molecular weight is 237 g/mol. The van der Waals surface area contributed by atoms with Gasteiger partial charge in [0.2, 0.25) is 0 Å². The molecule has 1 aromatic carbocycles. The maximum Gasteiger partial charge on any atom is 0.257 e. The minimum absolute atomic E-state index is 0. The van der Waals surface area contributed by atoms with E-state index in [2.05, 4.69) is 25.2 Å². The van der Waals surface area contributed by atoms with Crippen LogP contribution in [-0.2, 0) is 11.2 Å². The van der Waals surface area contributed by atoms with Crippen LogP contribution in [0.1, 0.15) is 26.8 Å². The molecule has 3 nitrogen and oxygen atoms in total. The van der Waals surface area contributed by atoms with Gasteiger partial charge in [-0.25, -0.2) is 0 Å². The molecule has 0 heterocycles. The van der Waals surface area contributed by atoms with Crippen LogP contribution in [0.3, 0.4) is 0 Å². The fourth-order valence-corrected chi connectivity index (χ4v) is 1.45. The van der Waals surface area contributed by atoms with E-state index in [-0.39, 0.29) is 19.9 Å². The predicted octanol–water partition coefficient (Wildman–Crippen LogP) is 2.65. The Balaban J connectivity index is 0.00000256. The number of rotatable bonds is 5. The Kier molecular flexibility index (Phi) is 7.03. The van der Waals surface area contributed by atoms with Gasteiger partial charge in [-0.05, 0) is 30.0 Å². The lowest BCUT2D eigenvalue weighted by atomic mass is 10.0. The van der Waals surface area contributed by atoms with Crippen LogP contribution >= 0.6 is 0 Å². The Bertz CT molecular complexity index is 348. The molecular formula is C14H23NO2. The quantitative estimate of drug-likeness (QED) is 0.855. The first kappa shape index (κ1) is 15.5. The topological polar surface area (TPSA) is 38.3 Å². The van der Waals surface area contributed by atoms with Crippen LogP contribution in [0.4, 0.5) is 0 Å². The van der Waals surface area contributed by atoms with Crippen LogP contribution in [0.5, 0.6) is 5.75 Å². The normalized spacial score (nSPS) is 9.65. The summed E-state index contributed by atoms with van der Waals surface area (Å²) in [6.45, 7) is 4.43. The number of nitrogens with one attached hydrogen (secondary N) is 1. The molecule has 1 rings (SSSR count). The highest BCUT2D eigenvalue weighted by Gasteiger charge is 2.02. The first-order valence-electron chi connectivity index (χ1n) is 5.54. The maximum absolute atomic E-state index is 11.0. The van der Waals surface area contributed by atoms with Crippen molar-refractivity contribution in [3.05, 3.63) is 29.8 Å². The number of hydrogen-bond donors (Lipinski definition) is 1. The molecule has 1 N–H and O–H groups in total. The van der Waals surface area contributed by atoms with Gasteiger partial charge >= 0.3 is 0 Å². The lowest BCUT2D eigenvalue weighted by Crippen LogP contribution is -2.24. The van der Waals surface area contributed by atoms with Gasteiger partial charge in [0, 0.05) is 7.05 Å². The molecule has 3 heteroatoms. The summed E-state index contributed by atoms with van der Waals surface area (Å²) in [5, 5.41) is 2.52. The maximum atomic E-state index is 11.0. The van der Waals surface area contributed by atoms with Crippen molar-refractivity contribution >= 4 is 5.91 Å². The van der Waals surface area contributed by atoms with Gasteiger partial charge in [-0.1, -0.05) is 33.4 Å². The first-order chi connectivity index (χ1) is 7.61. The monoisotopic (exact) mass is 237 g/mol. The van der Waals surface area contributed by atoms with E-state index >= 15 is 0 Å². The van der Waals surface area contributed by atoms with Crippen molar-refractivity contribution in [2.45, 2.75) is 27.7 Å². The fraction of sp³-hybridized carbons (Fsp3) is 0.500. The van der Waals surface area contributed by atoms with Gasteiger partial charge in [-0.15, -0.1) is 0 Å². The molecule has 0 radical (unpaired) electrons. The first-order valence-corrected chi connectivity index (χ1v) is 5.54. The molecular weight excluding hydrogens is 214 g/mol. The standard InChI is InChI=1S/C13H19NO2.CH4/c1-10(2)7-11-5-4-6-12(8-11)16-9-13(15)14-3;/h4-6,8,10H,7,9H2,1-3H3,(H,14,15);1H4. The molecule has 1 amide bonds. The van der Waals surface area contributed by atoms with Crippen LogP contribution in [0.2, 0.25) is 0 Å². The Labute approximate surface area is 104 Å². The molecule has 0 aliphatic rings. The number of likely N-dealkylation sites (N-methyl/N-ethyl adjacent to an activating group) is 1. The summed E-state index contributed by atoms with van der Waals surface area (Å²) >= 11 is 0. The van der Waals surface area contributed by atoms with Crippen molar-refractivity contribution in [3.63, 3.8) is 0 Å². The summed E-state index contributed by atoms with van der Waals surface area (Å²) in [6.07, 6.45) is 1.02. The smallest absolute Gasteiger partial charge is 0.257 e. The Morgan fingerprint density at radius 2 is 2.12 bits per heavy atom. The molecule has 0 aliphatic carbocycles. The molecule has 0 saturated carbocycles. The van der Waals surface area contributed by atoms with Crippen LogP contribution in [0.25, 0.3) is 0 Å². The largest absolute Gasteiger partial charge is 0.484 e. The van der Waals surface area contributed by atoms with Crippen LogP contribution in [0.15, 0.2) is 24.3 Å². The van der Waals surface area contributed by atoms with Gasteiger partial charge in [0.1, 0.15) is 5.75 Å². The second-order valence-corrected chi connectivity index (χ2v) is 4.21. The van der Waals surface area contributed by atoms with Gasteiger partial charge in [0.25, 0.3) is 5.91 Å². The van der Waals surface area contributed by atoms with Crippen molar-refractivity contribution in [3.8, 4) is 5.75 Å². The number of hydrogen-bond acceptors (Lipinski definition) is 2. The summed E-state index contributed by atoms with van der Waals surface area (Å²) in [5.74, 6) is 1.25. The van der Waals surface area contributed by atoms with Gasteiger partial charge in [0.15, 0.2) is 6.61 Å². The third-order valence-electron chi connectivity index (χ3n) is 2.19. The molecule has 0 aromatic heterocycles. The number of ether oxygens (including phenoxy) is 1. The zero-order chi connectivity index (χ0) is 12.0. The van der Waals surface area contributed by atoms with Crippen molar-refractivity contribution in [1.29, 1.82) is 0 Å². The Morgan fingerprint density at radius 1 is 1.41 bits per heavy atom. The third-order valence-corrected chi connectivity index (χ3v) is 2.19.